The molecule has 0 saturated heterocycles. The first-order chi connectivity index (χ1) is 12.8. The van der Waals surface area contributed by atoms with Gasteiger partial charge in [-0.25, -0.2) is 4.98 Å². The monoisotopic (exact) mass is 361 g/mol. The number of aromatic nitrogens is 1. The number of nitrogens with zero attached hydrogens (tertiary/aromatic N) is 2. The lowest BCUT2D eigenvalue weighted by Gasteiger charge is -2.19. The quantitative estimate of drug-likeness (QED) is 0.542. The maximum absolute atomic E-state index is 4.69. The minimum Gasteiger partial charge on any atom is -0.253 e. The number of nitrogens with one attached hydrogen (secondary N) is 1. The van der Waals surface area contributed by atoms with Gasteiger partial charge in [-0.1, -0.05) is 67.9 Å². The van der Waals surface area contributed by atoms with Gasteiger partial charge in [-0.2, -0.15) is 5.10 Å². The molecule has 0 amide bonds. The highest BCUT2D eigenvalue weighted by Crippen LogP contribution is 2.28. The summed E-state index contributed by atoms with van der Waals surface area (Å²) >= 11 is 1.61. The van der Waals surface area contributed by atoms with E-state index in [2.05, 4.69) is 71.4 Å². The van der Waals surface area contributed by atoms with Gasteiger partial charge in [-0.05, 0) is 36.3 Å². The fourth-order valence-corrected chi connectivity index (χ4v) is 4.04. The first-order valence-corrected chi connectivity index (χ1v) is 10.1. The number of hydrogen-bond donors (Lipinski definition) is 1. The topological polar surface area (TPSA) is 37.3 Å². The molecule has 0 spiro atoms. The van der Waals surface area contributed by atoms with Crippen LogP contribution in [0.4, 0.5) is 5.13 Å². The molecule has 1 saturated carbocycles. The highest BCUT2D eigenvalue weighted by atomic mass is 32.1. The third-order valence-electron chi connectivity index (χ3n) is 4.98. The van der Waals surface area contributed by atoms with E-state index >= 15 is 0 Å². The molecule has 1 fully saturated rings. The highest BCUT2D eigenvalue weighted by molar-refractivity contribution is 7.14. The zero-order chi connectivity index (χ0) is 17.8. The van der Waals surface area contributed by atoms with Crippen molar-refractivity contribution in [2.75, 3.05) is 5.43 Å². The van der Waals surface area contributed by atoms with Crippen molar-refractivity contribution in [1.82, 2.24) is 4.98 Å². The smallest absolute Gasteiger partial charge is 0.203 e. The SMILES string of the molecule is CC1CCCC/C1=N\Nc1nc(-c2ccc(-c3ccccc3)cc2)cs1. The van der Waals surface area contributed by atoms with Gasteiger partial charge in [0.2, 0.25) is 5.13 Å². The van der Waals surface area contributed by atoms with Crippen LogP contribution in [0.3, 0.4) is 0 Å². The summed E-state index contributed by atoms with van der Waals surface area (Å²) in [6.07, 6.45) is 4.92. The molecule has 3 aromatic rings. The second-order valence-electron chi connectivity index (χ2n) is 6.84. The Morgan fingerprint density at radius 1 is 0.962 bits per heavy atom. The number of rotatable bonds is 4. The van der Waals surface area contributed by atoms with Crippen molar-refractivity contribution >= 4 is 22.2 Å². The summed E-state index contributed by atoms with van der Waals surface area (Å²) in [5, 5.41) is 7.56. The van der Waals surface area contributed by atoms with Crippen LogP contribution < -0.4 is 5.43 Å². The Labute approximate surface area is 158 Å². The molecule has 1 heterocycles. The Morgan fingerprint density at radius 3 is 2.46 bits per heavy atom. The Morgan fingerprint density at radius 2 is 1.69 bits per heavy atom. The van der Waals surface area contributed by atoms with Gasteiger partial charge in [-0.15, -0.1) is 11.3 Å². The average molecular weight is 362 g/mol. The average Bonchev–Trinajstić information content (AvgIpc) is 3.17. The molecule has 0 bridgehead atoms. The lowest BCUT2D eigenvalue weighted by Crippen LogP contribution is -2.17. The van der Waals surface area contributed by atoms with Crippen molar-refractivity contribution in [3.8, 4) is 22.4 Å². The predicted molar refractivity (Wildman–Crippen MR) is 112 cm³/mol. The van der Waals surface area contributed by atoms with Crippen molar-refractivity contribution in [3.05, 3.63) is 60.0 Å². The molecule has 132 valence electrons. The molecule has 1 N–H and O–H groups in total. The molecule has 26 heavy (non-hydrogen) atoms. The number of anilines is 1. The van der Waals surface area contributed by atoms with Gasteiger partial charge in [0.05, 0.1) is 5.69 Å². The largest absolute Gasteiger partial charge is 0.253 e. The molecular formula is C22H23N3S. The maximum Gasteiger partial charge on any atom is 0.203 e. The number of benzene rings is 2. The molecule has 0 aliphatic heterocycles. The summed E-state index contributed by atoms with van der Waals surface area (Å²) in [6.45, 7) is 2.27. The van der Waals surface area contributed by atoms with Gasteiger partial charge in [0.1, 0.15) is 0 Å². The van der Waals surface area contributed by atoms with E-state index in [1.54, 1.807) is 11.3 Å². The van der Waals surface area contributed by atoms with E-state index in [1.165, 1.54) is 36.1 Å². The van der Waals surface area contributed by atoms with Crippen LogP contribution in [0.5, 0.6) is 0 Å². The molecule has 1 atom stereocenters. The Hall–Kier alpha value is -2.46. The van der Waals surface area contributed by atoms with Crippen molar-refractivity contribution in [1.29, 1.82) is 0 Å². The van der Waals surface area contributed by atoms with Crippen LogP contribution in [0.2, 0.25) is 0 Å². The highest BCUT2D eigenvalue weighted by Gasteiger charge is 2.16. The van der Waals surface area contributed by atoms with Crippen LogP contribution in [-0.2, 0) is 0 Å². The van der Waals surface area contributed by atoms with E-state index in [1.807, 2.05) is 6.07 Å². The van der Waals surface area contributed by atoms with Crippen LogP contribution in [0.25, 0.3) is 22.4 Å². The summed E-state index contributed by atoms with van der Waals surface area (Å²) in [7, 11) is 0. The van der Waals surface area contributed by atoms with Gasteiger partial charge in [0.25, 0.3) is 0 Å². The first kappa shape index (κ1) is 17.0. The molecule has 2 aromatic carbocycles. The molecular weight excluding hydrogens is 338 g/mol. The van der Waals surface area contributed by atoms with E-state index in [9.17, 15) is 0 Å². The van der Waals surface area contributed by atoms with Gasteiger partial charge in [0, 0.05) is 16.7 Å². The lowest BCUT2D eigenvalue weighted by atomic mass is 9.89. The van der Waals surface area contributed by atoms with Crippen LogP contribution in [0.1, 0.15) is 32.6 Å². The third kappa shape index (κ3) is 3.86. The van der Waals surface area contributed by atoms with Crippen LogP contribution in [0.15, 0.2) is 65.1 Å². The number of hydrogen-bond acceptors (Lipinski definition) is 4. The maximum atomic E-state index is 4.69. The van der Waals surface area contributed by atoms with Gasteiger partial charge in [-0.3, -0.25) is 5.43 Å². The van der Waals surface area contributed by atoms with E-state index in [4.69, 9.17) is 4.98 Å². The summed E-state index contributed by atoms with van der Waals surface area (Å²) in [5.41, 5.74) is 9.03. The van der Waals surface area contributed by atoms with Crippen LogP contribution >= 0.6 is 11.3 Å². The molecule has 1 aromatic heterocycles. The molecule has 4 rings (SSSR count). The lowest BCUT2D eigenvalue weighted by molar-refractivity contribution is 0.558. The molecule has 4 heteroatoms. The predicted octanol–water partition coefficient (Wildman–Crippen LogP) is 6.46. The van der Waals surface area contributed by atoms with Crippen molar-refractivity contribution in [2.45, 2.75) is 32.6 Å². The fraction of sp³-hybridized carbons (Fsp3) is 0.273. The van der Waals surface area contributed by atoms with Crippen LogP contribution in [0, 0.1) is 5.92 Å². The third-order valence-corrected chi connectivity index (χ3v) is 5.72. The number of thiazole rings is 1. The zero-order valence-electron chi connectivity index (χ0n) is 15.0. The minimum atomic E-state index is 0.584. The Balaban J connectivity index is 1.47. The van der Waals surface area contributed by atoms with E-state index in [-0.39, 0.29) is 0 Å². The van der Waals surface area contributed by atoms with E-state index in [0.717, 1.165) is 22.8 Å². The van der Waals surface area contributed by atoms with Gasteiger partial charge < -0.3 is 0 Å². The summed E-state index contributed by atoms with van der Waals surface area (Å²) in [5.74, 6) is 0.584. The second-order valence-corrected chi connectivity index (χ2v) is 7.70. The van der Waals surface area contributed by atoms with Gasteiger partial charge in [0.15, 0.2) is 0 Å². The normalized spacial score (nSPS) is 18.8. The van der Waals surface area contributed by atoms with Crippen molar-refractivity contribution in [3.63, 3.8) is 0 Å². The molecule has 1 unspecified atom stereocenters. The summed E-state index contributed by atoms with van der Waals surface area (Å²) < 4.78 is 0. The first-order valence-electron chi connectivity index (χ1n) is 9.23. The molecule has 3 nitrogen and oxygen atoms in total. The number of hydrazone groups is 1. The van der Waals surface area contributed by atoms with Crippen LogP contribution in [-0.4, -0.2) is 10.7 Å². The second kappa shape index (κ2) is 7.83. The van der Waals surface area contributed by atoms with E-state index < -0.39 is 0 Å². The molecule has 1 aliphatic rings. The summed E-state index contributed by atoms with van der Waals surface area (Å²) in [6, 6.07) is 19.0. The van der Waals surface area contributed by atoms with Crippen molar-refractivity contribution < 1.29 is 0 Å². The van der Waals surface area contributed by atoms with Gasteiger partial charge >= 0.3 is 0 Å². The van der Waals surface area contributed by atoms with E-state index in [0.29, 0.717) is 5.92 Å². The Bertz CT molecular complexity index is 881. The molecule has 1 aliphatic carbocycles. The Kier molecular flexibility index (Phi) is 5.12. The summed E-state index contributed by atoms with van der Waals surface area (Å²) in [4.78, 5) is 4.69. The standard InChI is InChI=1S/C22H23N3S/c1-16-7-5-6-10-20(16)24-25-22-23-21(15-26-22)19-13-11-18(12-14-19)17-8-3-2-4-9-17/h2-4,8-9,11-16H,5-7,10H2,1H3,(H,23,25)/b24-20+. The fourth-order valence-electron chi connectivity index (χ4n) is 3.38. The zero-order valence-corrected chi connectivity index (χ0v) is 15.8. The molecule has 0 radical (unpaired) electrons. The van der Waals surface area contributed by atoms with Crippen molar-refractivity contribution in [2.24, 2.45) is 11.0 Å². The minimum absolute atomic E-state index is 0.584.